The molecule has 3 rings (SSSR count). The number of aromatic nitrogens is 2. The summed E-state index contributed by atoms with van der Waals surface area (Å²) in [5, 5.41) is 1.10. The minimum Gasteiger partial charge on any atom is -0.640 e. The lowest BCUT2D eigenvalue weighted by Gasteiger charge is -2.28. The maximum atomic E-state index is 14.2. The fourth-order valence-electron chi connectivity index (χ4n) is 2.41. The van der Waals surface area contributed by atoms with Crippen molar-refractivity contribution in [3.63, 3.8) is 0 Å². The molecular formula is C15H11FN2O5PS-. The summed E-state index contributed by atoms with van der Waals surface area (Å²) in [5.74, 6) is -1.79. The second-order valence-electron chi connectivity index (χ2n) is 5.16. The second-order valence-corrected chi connectivity index (χ2v) is 7.43. The number of thiazole rings is 1. The number of ketones is 2. The standard InChI is InChI=1S/C15H12FN2O5PS/c1-2-12(19)10-7-25-15(17-10)14(20)8-6-18(24(21,22)23)11-5-3-4-9(16)13(8)11/h3-7H,2H2,1H3,(H2,21,22,23)/p-1. The topological polar surface area (TPSA) is 118 Å². The zero-order chi connectivity index (χ0) is 18.4. The van der Waals surface area contributed by atoms with Crippen molar-refractivity contribution in [2.24, 2.45) is 0 Å². The van der Waals surface area contributed by atoms with Crippen LogP contribution in [0.5, 0.6) is 0 Å². The Balaban J connectivity index is 2.17. The molecule has 0 spiro atoms. The van der Waals surface area contributed by atoms with E-state index in [0.29, 0.717) is 4.34 Å². The normalized spacial score (nSPS) is 11.9. The third-order valence-electron chi connectivity index (χ3n) is 3.58. The van der Waals surface area contributed by atoms with Crippen molar-refractivity contribution in [2.75, 3.05) is 0 Å². The molecule has 0 aliphatic heterocycles. The molecule has 0 amide bonds. The van der Waals surface area contributed by atoms with E-state index in [2.05, 4.69) is 4.98 Å². The number of carbonyl (C=O) groups is 2. The van der Waals surface area contributed by atoms with Crippen LogP contribution in [-0.4, -0.2) is 25.8 Å². The van der Waals surface area contributed by atoms with Gasteiger partial charge in [0.25, 0.3) is 0 Å². The van der Waals surface area contributed by atoms with E-state index in [1.807, 2.05) is 0 Å². The molecule has 3 aromatic rings. The van der Waals surface area contributed by atoms with E-state index in [1.54, 1.807) is 6.92 Å². The number of hydrogen-bond acceptors (Lipinski definition) is 7. The Bertz CT molecular complexity index is 992. The van der Waals surface area contributed by atoms with E-state index in [9.17, 15) is 28.7 Å². The highest BCUT2D eigenvalue weighted by molar-refractivity contribution is 7.54. The molecule has 130 valence electrons. The maximum absolute atomic E-state index is 14.2. The highest BCUT2D eigenvalue weighted by atomic mass is 32.1. The van der Waals surface area contributed by atoms with E-state index < -0.39 is 19.7 Å². The molecule has 0 aliphatic carbocycles. The molecule has 0 saturated heterocycles. The van der Waals surface area contributed by atoms with Gasteiger partial charge in [-0.1, -0.05) is 13.0 Å². The SMILES string of the molecule is CCC(=O)c1csc(C(=O)c2cn([P+]([O-])([O-])O)c3cccc(F)c23)n1. The Morgan fingerprint density at radius 3 is 2.76 bits per heavy atom. The number of halogens is 1. The summed E-state index contributed by atoms with van der Waals surface area (Å²) in [6, 6.07) is 3.60. The second kappa shape index (κ2) is 6.36. The smallest absolute Gasteiger partial charge is 0.223 e. The van der Waals surface area contributed by atoms with Crippen LogP contribution >= 0.6 is 19.4 Å². The molecule has 0 aliphatic rings. The molecule has 0 saturated carbocycles. The van der Waals surface area contributed by atoms with E-state index in [0.717, 1.165) is 23.6 Å². The minimum atomic E-state index is -5.03. The molecule has 0 atom stereocenters. The predicted octanol–water partition coefficient (Wildman–Crippen LogP) is 1.30. The van der Waals surface area contributed by atoms with Gasteiger partial charge in [-0.05, 0) is 12.1 Å². The summed E-state index contributed by atoms with van der Waals surface area (Å²) >= 11 is 0.904. The van der Waals surface area contributed by atoms with Crippen LogP contribution in [0.4, 0.5) is 4.39 Å². The van der Waals surface area contributed by atoms with Gasteiger partial charge in [0.15, 0.2) is 18.9 Å². The van der Waals surface area contributed by atoms with Crippen LogP contribution in [0.1, 0.15) is 39.2 Å². The Hall–Kier alpha value is -2.03. The number of fused-ring (bicyclic) bond motifs is 1. The average Bonchev–Trinajstić information content (AvgIpc) is 3.18. The van der Waals surface area contributed by atoms with Gasteiger partial charge >= 0.3 is 0 Å². The van der Waals surface area contributed by atoms with E-state index in [4.69, 9.17) is 0 Å². The van der Waals surface area contributed by atoms with Gasteiger partial charge in [-0.3, -0.25) is 9.59 Å². The van der Waals surface area contributed by atoms with Gasteiger partial charge in [-0.25, -0.2) is 18.6 Å². The Morgan fingerprint density at radius 2 is 2.12 bits per heavy atom. The number of hydrogen-bond donors (Lipinski definition) is 1. The first-order valence-electron chi connectivity index (χ1n) is 7.11. The lowest BCUT2D eigenvalue weighted by atomic mass is 10.1. The quantitative estimate of drug-likeness (QED) is 0.526. The summed E-state index contributed by atoms with van der Waals surface area (Å²) < 4.78 is 14.7. The Labute approximate surface area is 145 Å². The van der Waals surface area contributed by atoms with Gasteiger partial charge in [-0.2, -0.15) is 0 Å². The monoisotopic (exact) mass is 381 g/mol. The molecule has 0 bridgehead atoms. The minimum absolute atomic E-state index is 0.0715. The first-order chi connectivity index (χ1) is 11.7. The average molecular weight is 381 g/mol. The van der Waals surface area contributed by atoms with Crippen molar-refractivity contribution >= 4 is 41.9 Å². The Morgan fingerprint density at radius 1 is 1.40 bits per heavy atom. The van der Waals surface area contributed by atoms with Crippen LogP contribution in [0.3, 0.4) is 0 Å². The van der Waals surface area contributed by atoms with Crippen LogP contribution in [0.15, 0.2) is 29.8 Å². The third kappa shape index (κ3) is 3.12. The van der Waals surface area contributed by atoms with E-state index in [-0.39, 0.29) is 39.4 Å². The number of rotatable bonds is 5. The maximum Gasteiger partial charge on any atom is 0.223 e. The lowest BCUT2D eigenvalue weighted by molar-refractivity contribution is -0.335. The van der Waals surface area contributed by atoms with Gasteiger partial charge in [0.05, 0.1) is 22.7 Å². The molecule has 0 unspecified atom stereocenters. The summed E-state index contributed by atoms with van der Waals surface area (Å²) in [7, 11) is -5.03. The van der Waals surface area contributed by atoms with Crippen molar-refractivity contribution in [1.29, 1.82) is 0 Å². The zero-order valence-corrected chi connectivity index (χ0v) is 14.5. The van der Waals surface area contributed by atoms with Gasteiger partial charge in [0.2, 0.25) is 5.78 Å². The van der Waals surface area contributed by atoms with Gasteiger partial charge < -0.3 is 9.79 Å². The van der Waals surface area contributed by atoms with Crippen LogP contribution in [-0.2, 0) is 0 Å². The molecule has 2 aromatic heterocycles. The van der Waals surface area contributed by atoms with Crippen molar-refractivity contribution in [3.05, 3.63) is 51.9 Å². The fraction of sp³-hybridized carbons (Fsp3) is 0.133. The van der Waals surface area contributed by atoms with Crippen LogP contribution in [0.25, 0.3) is 10.9 Å². The number of benzene rings is 1. The molecule has 2 heterocycles. The van der Waals surface area contributed by atoms with Gasteiger partial charge in [0, 0.05) is 11.8 Å². The summed E-state index contributed by atoms with van der Waals surface area (Å²) in [5.41, 5.74) is -0.301. The van der Waals surface area contributed by atoms with Crippen LogP contribution in [0, 0.1) is 5.82 Å². The van der Waals surface area contributed by atoms with Crippen molar-refractivity contribution in [3.8, 4) is 0 Å². The lowest BCUT2D eigenvalue weighted by Crippen LogP contribution is -2.27. The van der Waals surface area contributed by atoms with Crippen molar-refractivity contribution in [1.82, 2.24) is 9.32 Å². The number of carbonyl (C=O) groups excluding carboxylic acids is 2. The van der Waals surface area contributed by atoms with Gasteiger partial charge in [0.1, 0.15) is 11.5 Å². The largest absolute Gasteiger partial charge is 0.640 e. The molecular weight excluding hydrogens is 370 g/mol. The Kier molecular flexibility index (Phi) is 4.52. The van der Waals surface area contributed by atoms with Crippen LogP contribution < -0.4 is 9.79 Å². The molecule has 10 heteroatoms. The number of Topliss-reactive ketones (excluding diaryl/α,β-unsaturated/α-hetero) is 1. The summed E-state index contributed by atoms with van der Waals surface area (Å²) in [4.78, 5) is 60.6. The first kappa shape index (κ1) is 17.8. The van der Waals surface area contributed by atoms with E-state index >= 15 is 0 Å². The first-order valence-corrected chi connectivity index (χ1v) is 9.52. The third-order valence-corrected chi connectivity index (χ3v) is 5.30. The molecule has 1 aromatic carbocycles. The molecule has 1 N–H and O–H groups in total. The van der Waals surface area contributed by atoms with E-state index in [1.165, 1.54) is 17.5 Å². The van der Waals surface area contributed by atoms with Gasteiger partial charge in [-0.15, -0.1) is 11.3 Å². The highest BCUT2D eigenvalue weighted by Crippen LogP contribution is 2.42. The molecule has 0 radical (unpaired) electrons. The van der Waals surface area contributed by atoms with Crippen molar-refractivity contribution in [2.45, 2.75) is 13.3 Å². The molecule has 25 heavy (non-hydrogen) atoms. The fourth-order valence-corrected chi connectivity index (χ4v) is 3.89. The predicted molar refractivity (Wildman–Crippen MR) is 86.6 cm³/mol. The zero-order valence-electron chi connectivity index (χ0n) is 12.8. The van der Waals surface area contributed by atoms with Crippen LogP contribution in [0.2, 0.25) is 0 Å². The summed E-state index contributed by atoms with van der Waals surface area (Å²) in [6.45, 7) is 1.65. The molecule has 0 fully saturated rings. The number of nitrogens with zero attached hydrogens (tertiary/aromatic N) is 2. The summed E-state index contributed by atoms with van der Waals surface area (Å²) in [6.07, 6.45) is 1.07. The highest BCUT2D eigenvalue weighted by Gasteiger charge is 2.26. The van der Waals surface area contributed by atoms with Crippen molar-refractivity contribution < 1.29 is 28.7 Å². The molecule has 7 nitrogen and oxygen atoms in total.